The van der Waals surface area contributed by atoms with Crippen molar-refractivity contribution in [3.05, 3.63) is 0 Å². The molecule has 2 N–H and O–H groups in total. The normalized spacial score (nSPS) is 18.9. The van der Waals surface area contributed by atoms with Crippen molar-refractivity contribution in [2.24, 2.45) is 5.92 Å². The van der Waals surface area contributed by atoms with Crippen LogP contribution in [0.2, 0.25) is 0 Å². The third kappa shape index (κ3) is 4.88. The zero-order chi connectivity index (χ0) is 12.1. The van der Waals surface area contributed by atoms with Gasteiger partial charge in [0.15, 0.2) is 0 Å². The molecule has 1 aliphatic rings. The van der Waals surface area contributed by atoms with Gasteiger partial charge in [0.2, 0.25) is 5.91 Å². The smallest absolute Gasteiger partial charge is 0.326 e. The molecule has 0 aromatic heterocycles. The minimum absolute atomic E-state index is 0.157. The van der Waals surface area contributed by atoms with Crippen molar-refractivity contribution < 1.29 is 14.7 Å². The molecule has 0 radical (unpaired) electrons. The minimum Gasteiger partial charge on any atom is -0.480 e. The second-order valence-electron chi connectivity index (χ2n) is 4.39. The Balaban J connectivity index is 2.34. The summed E-state index contributed by atoms with van der Waals surface area (Å²) in [6.07, 6.45) is 5.10. The summed E-state index contributed by atoms with van der Waals surface area (Å²) < 4.78 is 0. The first-order valence-corrected chi connectivity index (χ1v) is 6.86. The minimum atomic E-state index is -0.919. The third-order valence-corrected chi connectivity index (χ3v) is 3.75. The fourth-order valence-corrected chi connectivity index (χ4v) is 1.82. The van der Waals surface area contributed by atoms with E-state index < -0.39 is 12.0 Å². The van der Waals surface area contributed by atoms with E-state index in [-0.39, 0.29) is 11.2 Å². The molecule has 1 rings (SSSR count). The van der Waals surface area contributed by atoms with Crippen molar-refractivity contribution in [1.82, 2.24) is 5.32 Å². The predicted octanol–water partition coefficient (Wildman–Crippen LogP) is 1.50. The Bertz CT molecular complexity index is 266. The molecule has 16 heavy (non-hydrogen) atoms. The molecule has 92 valence electrons. The summed E-state index contributed by atoms with van der Waals surface area (Å²) in [5, 5.41) is 11.8. The van der Waals surface area contributed by atoms with E-state index in [9.17, 15) is 9.59 Å². The molecule has 2 atom stereocenters. The Labute approximate surface area is 100 Å². The summed E-state index contributed by atoms with van der Waals surface area (Å²) in [7, 11) is 0. The Hall–Kier alpha value is -0.710. The van der Waals surface area contributed by atoms with Crippen LogP contribution in [0.15, 0.2) is 0 Å². The van der Waals surface area contributed by atoms with E-state index in [2.05, 4.69) is 5.32 Å². The maximum absolute atomic E-state index is 11.5. The molecule has 0 bridgehead atoms. The summed E-state index contributed by atoms with van der Waals surface area (Å²) in [4.78, 5) is 22.5. The van der Waals surface area contributed by atoms with Crippen molar-refractivity contribution in [3.8, 4) is 0 Å². The highest BCUT2D eigenvalue weighted by Crippen LogP contribution is 2.33. The van der Waals surface area contributed by atoms with Gasteiger partial charge in [-0.2, -0.15) is 11.8 Å². The molecule has 2 unspecified atom stereocenters. The van der Waals surface area contributed by atoms with E-state index in [1.807, 2.05) is 13.2 Å². The van der Waals surface area contributed by atoms with E-state index in [0.29, 0.717) is 18.8 Å². The highest BCUT2D eigenvalue weighted by molar-refractivity contribution is 7.99. The molecule has 0 saturated heterocycles. The van der Waals surface area contributed by atoms with Gasteiger partial charge < -0.3 is 10.4 Å². The first kappa shape index (κ1) is 13.4. The zero-order valence-electron chi connectivity index (χ0n) is 9.73. The van der Waals surface area contributed by atoms with Crippen LogP contribution in [0, 0.1) is 5.92 Å². The average Bonchev–Trinajstić information content (AvgIpc) is 3.00. The molecule has 0 aliphatic heterocycles. The summed E-state index contributed by atoms with van der Waals surface area (Å²) in [6.45, 7) is 1.96. The molecular weight excluding hydrogens is 226 g/mol. The van der Waals surface area contributed by atoms with E-state index in [1.54, 1.807) is 11.8 Å². The molecule has 0 spiro atoms. The lowest BCUT2D eigenvalue weighted by Crippen LogP contribution is -2.41. The number of amides is 1. The van der Waals surface area contributed by atoms with Crippen LogP contribution in [0.4, 0.5) is 0 Å². The van der Waals surface area contributed by atoms with Gasteiger partial charge in [0.05, 0.1) is 0 Å². The van der Waals surface area contributed by atoms with Gasteiger partial charge in [0.1, 0.15) is 6.04 Å². The van der Waals surface area contributed by atoms with Crippen molar-refractivity contribution in [1.29, 1.82) is 0 Å². The molecule has 1 amide bonds. The van der Waals surface area contributed by atoms with Crippen molar-refractivity contribution in [3.63, 3.8) is 0 Å². The Morgan fingerprint density at radius 1 is 1.50 bits per heavy atom. The highest BCUT2D eigenvalue weighted by Gasteiger charge is 2.30. The molecule has 1 saturated carbocycles. The highest BCUT2D eigenvalue weighted by atomic mass is 32.2. The van der Waals surface area contributed by atoms with Crippen LogP contribution in [0.25, 0.3) is 0 Å². The SMILES string of the molecule is CSC(C)CC(=O)NC(CC1CC1)C(=O)O. The maximum atomic E-state index is 11.5. The monoisotopic (exact) mass is 245 g/mol. The van der Waals surface area contributed by atoms with Crippen LogP contribution in [0.3, 0.4) is 0 Å². The fraction of sp³-hybridized carbons (Fsp3) is 0.818. The summed E-state index contributed by atoms with van der Waals surface area (Å²) in [6, 6.07) is -0.700. The number of hydrogen-bond acceptors (Lipinski definition) is 3. The average molecular weight is 245 g/mol. The Morgan fingerprint density at radius 3 is 2.56 bits per heavy atom. The summed E-state index contributed by atoms with van der Waals surface area (Å²) in [5.74, 6) is -0.577. The Morgan fingerprint density at radius 2 is 2.12 bits per heavy atom. The first-order chi connectivity index (χ1) is 7.52. The number of hydrogen-bond donors (Lipinski definition) is 2. The molecule has 4 nitrogen and oxygen atoms in total. The van der Waals surface area contributed by atoms with Crippen LogP contribution in [0.5, 0.6) is 0 Å². The quantitative estimate of drug-likeness (QED) is 0.713. The lowest BCUT2D eigenvalue weighted by molar-refractivity contribution is -0.142. The van der Waals surface area contributed by atoms with Crippen LogP contribution in [0.1, 0.15) is 32.6 Å². The number of aliphatic carboxylic acids is 1. The summed E-state index contributed by atoms with van der Waals surface area (Å²) in [5.41, 5.74) is 0. The van der Waals surface area contributed by atoms with Gasteiger partial charge in [0.25, 0.3) is 0 Å². The predicted molar refractivity (Wildman–Crippen MR) is 64.5 cm³/mol. The molecule has 0 aromatic carbocycles. The second-order valence-corrected chi connectivity index (χ2v) is 5.66. The van der Waals surface area contributed by atoms with E-state index in [1.165, 1.54) is 0 Å². The van der Waals surface area contributed by atoms with Gasteiger partial charge in [-0.25, -0.2) is 4.79 Å². The van der Waals surface area contributed by atoms with Gasteiger partial charge in [-0.1, -0.05) is 19.8 Å². The standard InChI is InChI=1S/C11H19NO3S/c1-7(16-2)5-10(13)12-9(11(14)15)6-8-3-4-8/h7-9H,3-6H2,1-2H3,(H,12,13)(H,14,15). The molecule has 0 heterocycles. The number of carbonyl (C=O) groups is 2. The van der Waals surface area contributed by atoms with E-state index >= 15 is 0 Å². The van der Waals surface area contributed by atoms with Gasteiger partial charge in [0, 0.05) is 11.7 Å². The van der Waals surface area contributed by atoms with Gasteiger partial charge in [-0.05, 0) is 18.6 Å². The number of nitrogens with one attached hydrogen (secondary N) is 1. The number of carbonyl (C=O) groups excluding carboxylic acids is 1. The van der Waals surface area contributed by atoms with E-state index in [0.717, 1.165) is 12.8 Å². The van der Waals surface area contributed by atoms with Gasteiger partial charge in [-0.3, -0.25) is 4.79 Å². The van der Waals surface area contributed by atoms with Crippen LogP contribution < -0.4 is 5.32 Å². The maximum Gasteiger partial charge on any atom is 0.326 e. The number of carboxylic acid groups (broad SMARTS) is 1. The summed E-state index contributed by atoms with van der Waals surface area (Å²) >= 11 is 1.61. The lowest BCUT2D eigenvalue weighted by Gasteiger charge is -2.15. The molecule has 5 heteroatoms. The molecule has 0 aromatic rings. The Kier molecular flexibility index (Phi) is 5.12. The van der Waals surface area contributed by atoms with E-state index in [4.69, 9.17) is 5.11 Å². The zero-order valence-corrected chi connectivity index (χ0v) is 10.5. The van der Waals surface area contributed by atoms with Crippen molar-refractivity contribution >= 4 is 23.6 Å². The van der Waals surface area contributed by atoms with Crippen LogP contribution in [-0.2, 0) is 9.59 Å². The largest absolute Gasteiger partial charge is 0.480 e. The van der Waals surface area contributed by atoms with Crippen molar-refractivity contribution in [2.75, 3.05) is 6.26 Å². The number of rotatable bonds is 7. The van der Waals surface area contributed by atoms with Gasteiger partial charge >= 0.3 is 5.97 Å². The third-order valence-electron chi connectivity index (χ3n) is 2.77. The lowest BCUT2D eigenvalue weighted by atomic mass is 10.1. The topological polar surface area (TPSA) is 66.4 Å². The molecule has 1 aliphatic carbocycles. The fourth-order valence-electron chi connectivity index (χ4n) is 1.51. The van der Waals surface area contributed by atoms with Crippen molar-refractivity contribution in [2.45, 2.75) is 43.9 Å². The van der Waals surface area contributed by atoms with Crippen LogP contribution in [-0.4, -0.2) is 34.5 Å². The van der Waals surface area contributed by atoms with Gasteiger partial charge in [-0.15, -0.1) is 0 Å². The molecular formula is C11H19NO3S. The number of thioether (sulfide) groups is 1. The molecule has 1 fully saturated rings. The first-order valence-electron chi connectivity index (χ1n) is 5.58. The number of carboxylic acids is 1. The second kappa shape index (κ2) is 6.13. The van der Waals surface area contributed by atoms with Crippen LogP contribution >= 0.6 is 11.8 Å².